The van der Waals surface area contributed by atoms with Crippen molar-refractivity contribution in [1.82, 2.24) is 14.8 Å². The van der Waals surface area contributed by atoms with E-state index in [9.17, 15) is 19.8 Å². The van der Waals surface area contributed by atoms with Crippen molar-refractivity contribution in [3.63, 3.8) is 0 Å². The van der Waals surface area contributed by atoms with E-state index in [1.165, 1.54) is 21.1 Å². The fourth-order valence-corrected chi connectivity index (χ4v) is 14.9. The van der Waals surface area contributed by atoms with E-state index in [4.69, 9.17) is 23.7 Å². The van der Waals surface area contributed by atoms with E-state index in [-0.39, 0.29) is 18.6 Å². The topological polar surface area (TPSA) is 167 Å². The number of rotatable bonds is 10. The van der Waals surface area contributed by atoms with E-state index in [2.05, 4.69) is 52.1 Å². The molecule has 7 aliphatic rings. The number of aliphatic hydroxyl groups is 2. The van der Waals surface area contributed by atoms with Crippen LogP contribution < -0.4 is 9.64 Å². The number of epoxide rings is 1. The lowest BCUT2D eigenvalue weighted by molar-refractivity contribution is -0.178. The van der Waals surface area contributed by atoms with E-state index in [0.29, 0.717) is 88.3 Å². The molecule has 14 nitrogen and oxygen atoms in total. The van der Waals surface area contributed by atoms with Crippen molar-refractivity contribution >= 4 is 46.3 Å². The Morgan fingerprint density at radius 2 is 1.81 bits per heavy atom. The van der Waals surface area contributed by atoms with Gasteiger partial charge >= 0.3 is 17.9 Å². The van der Waals surface area contributed by atoms with Crippen molar-refractivity contribution in [2.75, 3.05) is 78.4 Å². The number of piperidine rings is 1. The molecule has 1 aliphatic carbocycles. The van der Waals surface area contributed by atoms with Crippen molar-refractivity contribution < 1.29 is 48.3 Å². The second-order valence-electron chi connectivity index (χ2n) is 19.1. The van der Waals surface area contributed by atoms with E-state index >= 15 is 4.79 Å². The number of methoxy groups -OCH3 is 3. The molecule has 2 bridgehead atoms. The number of H-pyrrole nitrogens is 1. The monoisotopic (exact) mass is 884 g/mol. The molecule has 6 aliphatic heterocycles. The van der Waals surface area contributed by atoms with E-state index in [1.807, 2.05) is 31.0 Å². The molecule has 15 heteroatoms. The fraction of sp³-hybridized carbons (Fsp3) is 0.604. The molecule has 3 saturated heterocycles. The molecule has 63 heavy (non-hydrogen) atoms. The number of carbonyl (C=O) groups excluding carboxylic acids is 3. The number of ether oxygens (including phenoxy) is 5. The third kappa shape index (κ3) is 5.35. The zero-order valence-electron chi connectivity index (χ0n) is 37.4. The van der Waals surface area contributed by atoms with E-state index < -0.39 is 57.2 Å². The Hall–Kier alpha value is -4.12. The standard InChI is InChI=1S/C48H60N4O10S/c1-8-43(57)24-29-25-45(41(55)59-6,38-31(13-17-51(26-29)27-43)32-21-30(63-20-19-53)11-12-35(32)49-38)34-22-33-36(23-37(34)58-5)50(4)48-46(33)15-18-52-16-10-14-44(9-2,39(46)52)40(61-28(3)54)47(48,62-48)42(56)60-7/h10-12,14,21-23,29,39-40,49,53,57H,8-9,13,15-20,24-27H2,1-7H3/t29-,39+,40-,43+,44-,45+,46-,47+,48+/m1/s1. The zero-order valence-corrected chi connectivity index (χ0v) is 38.2. The number of carbonyl (C=O) groups is 3. The molecule has 10 atom stereocenters. The number of esters is 3. The van der Waals surface area contributed by atoms with Crippen LogP contribution in [0.4, 0.5) is 5.69 Å². The van der Waals surface area contributed by atoms with Gasteiger partial charge in [0, 0.05) is 96.2 Å². The summed E-state index contributed by atoms with van der Waals surface area (Å²) < 4.78 is 31.6. The lowest BCUT2D eigenvalue weighted by Gasteiger charge is -2.58. The highest BCUT2D eigenvalue weighted by atomic mass is 32.2. The Kier molecular flexibility index (Phi) is 9.99. The van der Waals surface area contributed by atoms with Crippen LogP contribution in [0.5, 0.6) is 5.75 Å². The molecule has 0 amide bonds. The summed E-state index contributed by atoms with van der Waals surface area (Å²) in [4.78, 5) is 54.9. The molecule has 1 aromatic heterocycles. The number of likely N-dealkylation sites (N-methyl/N-ethyl adjacent to an activating group) is 1. The average Bonchev–Trinajstić information content (AvgIpc) is 3.53. The van der Waals surface area contributed by atoms with Gasteiger partial charge in [-0.2, -0.15) is 0 Å². The molecule has 2 spiro atoms. The second kappa shape index (κ2) is 14.7. The minimum atomic E-state index is -1.68. The van der Waals surface area contributed by atoms with Gasteiger partial charge in [-0.25, -0.2) is 4.79 Å². The molecule has 4 fully saturated rings. The predicted octanol–water partition coefficient (Wildman–Crippen LogP) is 4.44. The summed E-state index contributed by atoms with van der Waals surface area (Å²) in [5.74, 6) is -0.644. The molecule has 338 valence electrons. The maximum Gasteiger partial charge on any atom is 0.347 e. The normalized spacial score (nSPS) is 37.1. The number of aromatic nitrogens is 1. The molecular weight excluding hydrogens is 825 g/mol. The van der Waals surface area contributed by atoms with Crippen LogP contribution in [-0.2, 0) is 50.6 Å². The molecule has 7 heterocycles. The van der Waals surface area contributed by atoms with Crippen LogP contribution in [0, 0.1) is 11.3 Å². The summed E-state index contributed by atoms with van der Waals surface area (Å²) in [6.07, 6.45) is 6.45. The highest BCUT2D eigenvalue weighted by Crippen LogP contribution is 2.80. The smallest absolute Gasteiger partial charge is 0.347 e. The van der Waals surface area contributed by atoms with Crippen LogP contribution in [-0.4, -0.2) is 145 Å². The summed E-state index contributed by atoms with van der Waals surface area (Å²) in [6.45, 7) is 8.81. The van der Waals surface area contributed by atoms with Gasteiger partial charge in [0.15, 0.2) is 11.8 Å². The number of benzene rings is 2. The molecule has 3 N–H and O–H groups in total. The lowest BCUT2D eigenvalue weighted by atomic mass is 9.49. The highest BCUT2D eigenvalue weighted by molar-refractivity contribution is 7.99. The number of nitrogens with zero attached hydrogens (tertiary/aromatic N) is 3. The lowest BCUT2D eigenvalue weighted by Crippen LogP contribution is -2.75. The van der Waals surface area contributed by atoms with Crippen LogP contribution in [0.1, 0.15) is 75.3 Å². The van der Waals surface area contributed by atoms with Gasteiger partial charge in [-0.05, 0) is 86.4 Å². The van der Waals surface area contributed by atoms with Gasteiger partial charge in [0.05, 0.1) is 39.0 Å². The first-order valence-corrected chi connectivity index (χ1v) is 23.5. The van der Waals surface area contributed by atoms with Crippen LogP contribution in [0.25, 0.3) is 10.9 Å². The first-order chi connectivity index (χ1) is 30.2. The summed E-state index contributed by atoms with van der Waals surface area (Å²) in [7, 11) is 6.35. The summed E-state index contributed by atoms with van der Waals surface area (Å²) in [5.41, 5.74) is -2.13. The van der Waals surface area contributed by atoms with Crippen molar-refractivity contribution in [3.8, 4) is 5.75 Å². The Morgan fingerprint density at radius 1 is 1.02 bits per heavy atom. The van der Waals surface area contributed by atoms with Gasteiger partial charge in [-0.3, -0.25) is 19.4 Å². The molecular formula is C48H60N4O10S. The van der Waals surface area contributed by atoms with Crippen molar-refractivity contribution in [2.24, 2.45) is 11.3 Å². The predicted molar refractivity (Wildman–Crippen MR) is 236 cm³/mol. The summed E-state index contributed by atoms with van der Waals surface area (Å²) in [6, 6.07) is 10.1. The molecule has 1 unspecified atom stereocenters. The first-order valence-electron chi connectivity index (χ1n) is 22.5. The van der Waals surface area contributed by atoms with Gasteiger partial charge in [-0.15, -0.1) is 11.8 Å². The quantitative estimate of drug-likeness (QED) is 0.0860. The minimum absolute atomic E-state index is 0.0522. The maximum absolute atomic E-state index is 15.5. The SMILES string of the molecule is CC[C@]1(O)C[C@H]2CN(CCc3c([nH]c4ccc(SCCO)cc34)[C@@](C(=O)OC)(c3cc4c(cc3OC)N(C)[C@@]35O[C@]3(C(=O)OC)[C@H](OC(C)=O)[C@]3(CC)C=CCN6CC[C@]45[C@@H]63)C2)C1. The Balaban J connectivity index is 1.27. The number of aliphatic hydroxyl groups excluding tert-OH is 1. The summed E-state index contributed by atoms with van der Waals surface area (Å²) >= 11 is 1.58. The Morgan fingerprint density at radius 3 is 2.51 bits per heavy atom. The van der Waals surface area contributed by atoms with Gasteiger partial charge in [-0.1, -0.05) is 26.0 Å². The van der Waals surface area contributed by atoms with Crippen LogP contribution in [0.2, 0.25) is 0 Å². The molecule has 0 radical (unpaired) electrons. The number of fused-ring (bicyclic) bond motifs is 6. The zero-order chi connectivity index (χ0) is 44.5. The van der Waals surface area contributed by atoms with Crippen LogP contribution >= 0.6 is 11.8 Å². The number of aromatic amines is 1. The van der Waals surface area contributed by atoms with Crippen molar-refractivity contribution in [1.29, 1.82) is 0 Å². The van der Waals surface area contributed by atoms with Gasteiger partial charge < -0.3 is 43.8 Å². The number of thioether (sulfide) groups is 1. The van der Waals surface area contributed by atoms with Crippen LogP contribution in [0.15, 0.2) is 47.4 Å². The number of hydrogen-bond acceptors (Lipinski definition) is 14. The van der Waals surface area contributed by atoms with E-state index in [0.717, 1.165) is 38.3 Å². The third-order valence-corrected chi connectivity index (χ3v) is 17.4. The molecule has 1 saturated carbocycles. The minimum Gasteiger partial charge on any atom is -0.496 e. The van der Waals surface area contributed by atoms with Gasteiger partial charge in [0.2, 0.25) is 0 Å². The fourth-order valence-electron chi connectivity index (χ4n) is 14.2. The molecule has 2 aromatic carbocycles. The van der Waals surface area contributed by atoms with E-state index in [1.54, 1.807) is 18.9 Å². The first kappa shape index (κ1) is 42.8. The number of hydrogen-bond donors (Lipinski definition) is 3. The number of anilines is 1. The van der Waals surface area contributed by atoms with Crippen LogP contribution in [0.3, 0.4) is 0 Å². The van der Waals surface area contributed by atoms with Crippen molar-refractivity contribution in [2.45, 2.75) is 104 Å². The highest BCUT2D eigenvalue weighted by Gasteiger charge is 2.98. The Labute approximate surface area is 372 Å². The third-order valence-electron chi connectivity index (χ3n) is 16.4. The van der Waals surface area contributed by atoms with Gasteiger partial charge in [0.1, 0.15) is 11.2 Å². The molecule has 10 rings (SSSR count). The summed E-state index contributed by atoms with van der Waals surface area (Å²) in [5, 5.41) is 22.8. The maximum atomic E-state index is 15.5. The Bertz CT molecular complexity index is 2440. The average molecular weight is 885 g/mol. The molecule has 3 aromatic rings. The number of nitrogens with one attached hydrogen (secondary N) is 1. The second-order valence-corrected chi connectivity index (χ2v) is 20.2. The largest absolute Gasteiger partial charge is 0.496 e. The van der Waals surface area contributed by atoms with Crippen molar-refractivity contribution in [3.05, 3.63) is 64.9 Å². The van der Waals surface area contributed by atoms with Gasteiger partial charge in [0.25, 0.3) is 5.60 Å².